The molecule has 5 heteroatoms. The molecule has 1 heterocycles. The van der Waals surface area contributed by atoms with E-state index in [2.05, 4.69) is 4.90 Å². The first kappa shape index (κ1) is 16.3. The van der Waals surface area contributed by atoms with E-state index in [9.17, 15) is 9.90 Å². The summed E-state index contributed by atoms with van der Waals surface area (Å²) in [7, 11) is 1.64. The highest BCUT2D eigenvalue weighted by Gasteiger charge is 2.32. The van der Waals surface area contributed by atoms with Gasteiger partial charge in [-0.1, -0.05) is 12.1 Å². The third-order valence-electron chi connectivity index (χ3n) is 4.83. The summed E-state index contributed by atoms with van der Waals surface area (Å²) in [5.41, 5.74) is 0.987. The summed E-state index contributed by atoms with van der Waals surface area (Å²) in [5, 5.41) is 10.0. The van der Waals surface area contributed by atoms with Gasteiger partial charge in [0.05, 0.1) is 19.6 Å². The summed E-state index contributed by atoms with van der Waals surface area (Å²) in [5.74, 6) is 1.47. The number of nitrogens with zero attached hydrogens (tertiary/aromatic N) is 2. The van der Waals surface area contributed by atoms with Gasteiger partial charge in [0.2, 0.25) is 5.91 Å². The summed E-state index contributed by atoms with van der Waals surface area (Å²) in [6.45, 7) is 3.96. The van der Waals surface area contributed by atoms with Crippen LogP contribution in [0.5, 0.6) is 5.75 Å². The zero-order chi connectivity index (χ0) is 16.2. The number of ether oxygens (including phenoxy) is 1. The van der Waals surface area contributed by atoms with E-state index in [0.717, 1.165) is 44.0 Å². The molecule has 3 rings (SSSR count). The molecule has 0 bridgehead atoms. The molecule has 0 spiro atoms. The topological polar surface area (TPSA) is 53.0 Å². The van der Waals surface area contributed by atoms with Gasteiger partial charge in [-0.15, -0.1) is 0 Å². The maximum atomic E-state index is 12.4. The van der Waals surface area contributed by atoms with Crippen LogP contribution in [-0.2, 0) is 11.2 Å². The number of amides is 1. The van der Waals surface area contributed by atoms with E-state index in [-0.39, 0.29) is 12.0 Å². The summed E-state index contributed by atoms with van der Waals surface area (Å²) in [6.07, 6.45) is 2.57. The lowest BCUT2D eigenvalue weighted by Gasteiger charge is -2.35. The van der Waals surface area contributed by atoms with Gasteiger partial charge in [0.15, 0.2) is 0 Å². The number of β-amino-alcohol motifs (C(OH)–C–C–N with tert-alkyl or cyclic N) is 1. The number of benzene rings is 1. The molecular formula is C18H26N2O3. The van der Waals surface area contributed by atoms with Crippen molar-refractivity contribution < 1.29 is 14.6 Å². The monoisotopic (exact) mass is 318 g/mol. The lowest BCUT2D eigenvalue weighted by atomic mass is 10.1. The van der Waals surface area contributed by atoms with Gasteiger partial charge in [0.1, 0.15) is 5.75 Å². The Labute approximate surface area is 137 Å². The van der Waals surface area contributed by atoms with Crippen molar-refractivity contribution in [3.8, 4) is 5.75 Å². The molecule has 1 amide bonds. The summed E-state index contributed by atoms with van der Waals surface area (Å²) in [6, 6.07) is 7.68. The number of hydrogen-bond donors (Lipinski definition) is 1. The molecule has 2 aliphatic rings. The average molecular weight is 318 g/mol. The number of aliphatic hydroxyl groups is 1. The highest BCUT2D eigenvalue weighted by Crippen LogP contribution is 2.32. The van der Waals surface area contributed by atoms with Gasteiger partial charge < -0.3 is 14.7 Å². The molecule has 1 saturated heterocycles. The number of hydrogen-bond acceptors (Lipinski definition) is 4. The van der Waals surface area contributed by atoms with Crippen molar-refractivity contribution in [2.75, 3.05) is 39.8 Å². The van der Waals surface area contributed by atoms with E-state index < -0.39 is 0 Å². The molecule has 1 aromatic carbocycles. The first-order chi connectivity index (χ1) is 11.2. The summed E-state index contributed by atoms with van der Waals surface area (Å²) in [4.78, 5) is 16.6. The van der Waals surface area contributed by atoms with Gasteiger partial charge in [-0.25, -0.2) is 0 Å². The van der Waals surface area contributed by atoms with E-state index in [1.54, 1.807) is 7.11 Å². The molecule has 1 atom stereocenters. The number of aliphatic hydroxyl groups excluding tert-OH is 1. The van der Waals surface area contributed by atoms with Crippen LogP contribution >= 0.6 is 0 Å². The predicted molar refractivity (Wildman–Crippen MR) is 88.4 cm³/mol. The van der Waals surface area contributed by atoms with Crippen molar-refractivity contribution in [3.63, 3.8) is 0 Å². The number of carbonyl (C=O) groups is 1. The van der Waals surface area contributed by atoms with Gasteiger partial charge in [-0.2, -0.15) is 0 Å². The predicted octanol–water partition coefficient (Wildman–Crippen LogP) is 1.15. The van der Waals surface area contributed by atoms with Crippen molar-refractivity contribution in [2.45, 2.75) is 25.4 Å². The van der Waals surface area contributed by atoms with Crippen molar-refractivity contribution in [3.05, 3.63) is 29.8 Å². The second-order valence-electron chi connectivity index (χ2n) is 6.61. The Balaban J connectivity index is 1.45. The second kappa shape index (κ2) is 7.32. The normalized spacial score (nSPS) is 20.3. The average Bonchev–Trinajstić information content (AvgIpc) is 3.40. The van der Waals surface area contributed by atoms with Crippen LogP contribution in [-0.4, -0.2) is 66.8 Å². The fraction of sp³-hybridized carbons (Fsp3) is 0.611. The minimum atomic E-state index is -0.186. The van der Waals surface area contributed by atoms with E-state index >= 15 is 0 Å². The Morgan fingerprint density at radius 2 is 2.04 bits per heavy atom. The lowest BCUT2D eigenvalue weighted by Crippen LogP contribution is -2.51. The molecule has 126 valence electrons. The van der Waals surface area contributed by atoms with Crippen LogP contribution in [0.2, 0.25) is 0 Å². The largest absolute Gasteiger partial charge is 0.497 e. The van der Waals surface area contributed by atoms with E-state index in [0.29, 0.717) is 12.3 Å². The van der Waals surface area contributed by atoms with Crippen LogP contribution in [0, 0.1) is 5.92 Å². The van der Waals surface area contributed by atoms with E-state index in [1.807, 2.05) is 29.2 Å². The molecule has 23 heavy (non-hydrogen) atoms. The van der Waals surface area contributed by atoms with Crippen LogP contribution in [0.15, 0.2) is 24.3 Å². The van der Waals surface area contributed by atoms with Crippen LogP contribution < -0.4 is 4.74 Å². The molecule has 0 radical (unpaired) electrons. The van der Waals surface area contributed by atoms with Crippen LogP contribution in [0.25, 0.3) is 0 Å². The van der Waals surface area contributed by atoms with Crippen molar-refractivity contribution >= 4 is 5.91 Å². The summed E-state index contributed by atoms with van der Waals surface area (Å²) < 4.78 is 5.20. The Bertz CT molecular complexity index is 537. The third-order valence-corrected chi connectivity index (χ3v) is 4.83. The molecule has 1 aromatic rings. The lowest BCUT2D eigenvalue weighted by molar-refractivity contribution is -0.132. The number of methoxy groups -OCH3 is 1. The molecule has 0 aromatic heterocycles. The van der Waals surface area contributed by atoms with E-state index in [4.69, 9.17) is 4.74 Å². The standard InChI is InChI=1S/C18H26N2O3/c1-23-16-4-2-3-14(11-16)12-18(22)20-9-7-19(8-10-20)13-17(21)15-5-6-15/h2-4,11,15,17,21H,5-10,12-13H2,1H3/t17-/m0/s1. The zero-order valence-corrected chi connectivity index (χ0v) is 13.8. The Hall–Kier alpha value is -1.59. The molecule has 2 fully saturated rings. The van der Waals surface area contributed by atoms with Gasteiger partial charge in [0.25, 0.3) is 0 Å². The van der Waals surface area contributed by atoms with Crippen LogP contribution in [0.3, 0.4) is 0 Å². The van der Waals surface area contributed by atoms with Crippen molar-refractivity contribution in [1.29, 1.82) is 0 Å². The third kappa shape index (κ3) is 4.45. The van der Waals surface area contributed by atoms with Crippen LogP contribution in [0.1, 0.15) is 18.4 Å². The molecular weight excluding hydrogens is 292 g/mol. The molecule has 1 saturated carbocycles. The molecule has 1 N–H and O–H groups in total. The number of carbonyl (C=O) groups excluding carboxylic acids is 1. The smallest absolute Gasteiger partial charge is 0.227 e. The van der Waals surface area contributed by atoms with Gasteiger partial charge in [0, 0.05) is 32.7 Å². The minimum Gasteiger partial charge on any atom is -0.497 e. The van der Waals surface area contributed by atoms with Crippen molar-refractivity contribution in [1.82, 2.24) is 9.80 Å². The first-order valence-electron chi connectivity index (χ1n) is 8.47. The highest BCUT2D eigenvalue weighted by atomic mass is 16.5. The number of rotatable bonds is 6. The maximum absolute atomic E-state index is 12.4. The van der Waals surface area contributed by atoms with Crippen molar-refractivity contribution in [2.24, 2.45) is 5.92 Å². The minimum absolute atomic E-state index is 0.167. The zero-order valence-electron chi connectivity index (χ0n) is 13.8. The SMILES string of the molecule is COc1cccc(CC(=O)N2CCN(C[C@H](O)C3CC3)CC2)c1. The molecule has 5 nitrogen and oxygen atoms in total. The van der Waals surface area contributed by atoms with E-state index in [1.165, 1.54) is 12.8 Å². The fourth-order valence-electron chi connectivity index (χ4n) is 3.14. The Morgan fingerprint density at radius 3 is 2.70 bits per heavy atom. The highest BCUT2D eigenvalue weighted by molar-refractivity contribution is 5.79. The quantitative estimate of drug-likeness (QED) is 0.855. The molecule has 0 unspecified atom stereocenters. The second-order valence-corrected chi connectivity index (χ2v) is 6.61. The Kier molecular flexibility index (Phi) is 5.18. The summed E-state index contributed by atoms with van der Waals surface area (Å²) >= 11 is 0. The first-order valence-corrected chi connectivity index (χ1v) is 8.47. The number of piperazine rings is 1. The Morgan fingerprint density at radius 1 is 1.30 bits per heavy atom. The van der Waals surface area contributed by atoms with Gasteiger partial charge >= 0.3 is 0 Å². The van der Waals surface area contributed by atoms with Gasteiger partial charge in [-0.05, 0) is 36.5 Å². The fourth-order valence-corrected chi connectivity index (χ4v) is 3.14. The van der Waals surface area contributed by atoms with Gasteiger partial charge in [-0.3, -0.25) is 9.69 Å². The molecule has 1 aliphatic carbocycles. The molecule has 1 aliphatic heterocycles. The van der Waals surface area contributed by atoms with Crippen LogP contribution in [0.4, 0.5) is 0 Å². The maximum Gasteiger partial charge on any atom is 0.227 e.